The highest BCUT2D eigenvalue weighted by Crippen LogP contribution is 2.33. The molecule has 1 aliphatic rings. The Morgan fingerprint density at radius 1 is 1.11 bits per heavy atom. The lowest BCUT2D eigenvalue weighted by Crippen LogP contribution is -2.31. The summed E-state index contributed by atoms with van der Waals surface area (Å²) in [5.41, 5.74) is 5.00. The topological polar surface area (TPSA) is 56.1 Å². The first kappa shape index (κ1) is 17.5. The molecule has 3 aromatic rings. The van der Waals surface area contributed by atoms with Crippen molar-refractivity contribution in [1.29, 1.82) is 0 Å². The number of pyridine rings is 1. The molecule has 0 bridgehead atoms. The van der Waals surface area contributed by atoms with Gasteiger partial charge in [0.25, 0.3) is 5.56 Å². The summed E-state index contributed by atoms with van der Waals surface area (Å²) in [4.78, 5) is 19.5. The van der Waals surface area contributed by atoms with E-state index in [0.29, 0.717) is 6.54 Å². The van der Waals surface area contributed by atoms with E-state index >= 15 is 0 Å². The average molecular weight is 365 g/mol. The Morgan fingerprint density at radius 3 is 2.59 bits per heavy atom. The first-order chi connectivity index (χ1) is 13.1. The maximum atomic E-state index is 12.4. The molecule has 6 nitrogen and oxygen atoms in total. The van der Waals surface area contributed by atoms with Crippen LogP contribution in [-0.2, 0) is 19.5 Å². The van der Waals surface area contributed by atoms with Crippen molar-refractivity contribution in [3.63, 3.8) is 0 Å². The van der Waals surface area contributed by atoms with Gasteiger partial charge in [0.2, 0.25) is 0 Å². The molecule has 0 spiro atoms. The molecule has 4 rings (SSSR count). The van der Waals surface area contributed by atoms with Gasteiger partial charge >= 0.3 is 0 Å². The smallest absolute Gasteiger partial charge is 0.258 e. The Bertz CT molecular complexity index is 1060. The number of hydrogen-bond donors (Lipinski definition) is 0. The Labute approximate surface area is 158 Å². The van der Waals surface area contributed by atoms with Gasteiger partial charge < -0.3 is 9.47 Å². The minimum Gasteiger partial charge on any atom is -0.493 e. The van der Waals surface area contributed by atoms with E-state index in [1.807, 2.05) is 25.1 Å². The highest BCUT2D eigenvalue weighted by Gasteiger charge is 2.20. The number of benzene rings is 1. The average Bonchev–Trinajstić information content (AvgIpc) is 2.67. The molecule has 3 heterocycles. The molecule has 0 unspecified atom stereocenters. The highest BCUT2D eigenvalue weighted by molar-refractivity contribution is 5.48. The van der Waals surface area contributed by atoms with Gasteiger partial charge in [0.05, 0.1) is 19.9 Å². The van der Waals surface area contributed by atoms with Crippen LogP contribution in [0, 0.1) is 6.92 Å². The highest BCUT2D eigenvalue weighted by atomic mass is 16.5. The molecule has 1 aliphatic heterocycles. The van der Waals surface area contributed by atoms with Crippen LogP contribution in [0.4, 0.5) is 0 Å². The summed E-state index contributed by atoms with van der Waals surface area (Å²) in [6.07, 6.45) is 2.69. The van der Waals surface area contributed by atoms with Crippen molar-refractivity contribution in [2.75, 3.05) is 20.8 Å². The van der Waals surface area contributed by atoms with Crippen LogP contribution in [0.25, 0.3) is 5.65 Å². The molecule has 140 valence electrons. The Morgan fingerprint density at radius 2 is 1.85 bits per heavy atom. The molecule has 0 radical (unpaired) electrons. The second kappa shape index (κ2) is 7.04. The molecule has 0 aliphatic carbocycles. The summed E-state index contributed by atoms with van der Waals surface area (Å²) in [6, 6.07) is 9.59. The maximum Gasteiger partial charge on any atom is 0.258 e. The van der Waals surface area contributed by atoms with Gasteiger partial charge in [-0.05, 0) is 48.2 Å². The van der Waals surface area contributed by atoms with Crippen LogP contribution in [0.2, 0.25) is 0 Å². The number of methoxy groups -OCH3 is 2. The number of hydrogen-bond acceptors (Lipinski definition) is 5. The Balaban J connectivity index is 1.61. The molecular weight excluding hydrogens is 342 g/mol. The summed E-state index contributed by atoms with van der Waals surface area (Å²) in [5, 5.41) is 0. The second-order valence-corrected chi connectivity index (χ2v) is 6.91. The van der Waals surface area contributed by atoms with Crippen LogP contribution in [0.5, 0.6) is 11.5 Å². The van der Waals surface area contributed by atoms with Crippen molar-refractivity contribution >= 4 is 5.65 Å². The molecule has 0 saturated heterocycles. The first-order valence-corrected chi connectivity index (χ1v) is 9.03. The Kier molecular flexibility index (Phi) is 4.58. The fraction of sp³-hybridized carbons (Fsp3) is 0.333. The molecule has 1 aromatic carbocycles. The van der Waals surface area contributed by atoms with E-state index in [2.05, 4.69) is 11.0 Å². The maximum absolute atomic E-state index is 12.4. The summed E-state index contributed by atoms with van der Waals surface area (Å²) in [7, 11) is 3.31. The van der Waals surface area contributed by atoms with Crippen LogP contribution in [0.3, 0.4) is 0 Å². The van der Waals surface area contributed by atoms with Crippen molar-refractivity contribution in [3.8, 4) is 11.5 Å². The minimum atomic E-state index is -0.0393. The van der Waals surface area contributed by atoms with Crippen molar-refractivity contribution < 1.29 is 9.47 Å². The van der Waals surface area contributed by atoms with Gasteiger partial charge in [0, 0.05) is 31.9 Å². The quantitative estimate of drug-likeness (QED) is 0.711. The van der Waals surface area contributed by atoms with Gasteiger partial charge in [-0.1, -0.05) is 6.07 Å². The number of aryl methyl sites for hydroxylation is 1. The van der Waals surface area contributed by atoms with Crippen molar-refractivity contribution in [1.82, 2.24) is 14.3 Å². The molecule has 0 atom stereocenters. The third-order valence-electron chi connectivity index (χ3n) is 5.12. The number of rotatable bonds is 4. The standard InChI is InChI=1S/C21H23N3O3/c1-14-5-4-7-24-20(25)11-17(22-21(14)24)13-23-8-6-15-9-18(26-2)19(27-3)10-16(15)12-23/h4-5,7,9-11H,6,8,12-13H2,1-3H3. The fourth-order valence-electron chi connectivity index (χ4n) is 3.70. The van der Waals surface area contributed by atoms with Gasteiger partial charge in [-0.15, -0.1) is 0 Å². The predicted molar refractivity (Wildman–Crippen MR) is 104 cm³/mol. The Hall–Kier alpha value is -2.86. The van der Waals surface area contributed by atoms with Crippen LogP contribution in [-0.4, -0.2) is 35.0 Å². The normalized spacial score (nSPS) is 14.2. The summed E-state index contributed by atoms with van der Waals surface area (Å²) >= 11 is 0. The van der Waals surface area contributed by atoms with Gasteiger partial charge in [-0.3, -0.25) is 14.1 Å². The number of ether oxygens (including phenoxy) is 2. The molecule has 0 N–H and O–H groups in total. The lowest BCUT2D eigenvalue weighted by molar-refractivity contribution is 0.241. The molecular formula is C21H23N3O3. The summed E-state index contributed by atoms with van der Waals surface area (Å²) in [6.45, 7) is 4.33. The van der Waals surface area contributed by atoms with Gasteiger partial charge in [-0.2, -0.15) is 0 Å². The van der Waals surface area contributed by atoms with Crippen LogP contribution in [0.15, 0.2) is 41.3 Å². The van der Waals surface area contributed by atoms with E-state index in [9.17, 15) is 4.79 Å². The van der Waals surface area contributed by atoms with E-state index in [1.165, 1.54) is 11.1 Å². The van der Waals surface area contributed by atoms with Crippen LogP contribution in [0.1, 0.15) is 22.4 Å². The van der Waals surface area contributed by atoms with Crippen LogP contribution < -0.4 is 15.0 Å². The molecule has 0 saturated carbocycles. The molecule has 6 heteroatoms. The number of nitrogens with zero attached hydrogens (tertiary/aromatic N) is 3. The van der Waals surface area contributed by atoms with Crippen molar-refractivity contribution in [2.45, 2.75) is 26.4 Å². The second-order valence-electron chi connectivity index (χ2n) is 6.91. The zero-order valence-electron chi connectivity index (χ0n) is 15.9. The minimum absolute atomic E-state index is 0.0393. The third kappa shape index (κ3) is 3.28. The van der Waals surface area contributed by atoms with Crippen LogP contribution >= 0.6 is 0 Å². The fourth-order valence-corrected chi connectivity index (χ4v) is 3.70. The van der Waals surface area contributed by atoms with E-state index < -0.39 is 0 Å². The number of fused-ring (bicyclic) bond motifs is 2. The first-order valence-electron chi connectivity index (χ1n) is 9.03. The predicted octanol–water partition coefficient (Wildman–Crippen LogP) is 2.58. The van der Waals surface area contributed by atoms with Crippen molar-refractivity contribution in [3.05, 3.63) is 69.3 Å². The third-order valence-corrected chi connectivity index (χ3v) is 5.12. The van der Waals surface area contributed by atoms with Gasteiger partial charge in [0.1, 0.15) is 5.65 Å². The van der Waals surface area contributed by atoms with Gasteiger partial charge in [-0.25, -0.2) is 4.98 Å². The van der Waals surface area contributed by atoms with Gasteiger partial charge in [0.15, 0.2) is 11.5 Å². The molecule has 27 heavy (non-hydrogen) atoms. The molecule has 0 fully saturated rings. The van der Waals surface area contributed by atoms with E-state index in [4.69, 9.17) is 14.5 Å². The zero-order valence-corrected chi connectivity index (χ0v) is 15.9. The van der Waals surface area contributed by atoms with E-state index in [-0.39, 0.29) is 5.56 Å². The largest absolute Gasteiger partial charge is 0.493 e. The van der Waals surface area contributed by atoms with Crippen molar-refractivity contribution in [2.24, 2.45) is 0 Å². The SMILES string of the molecule is COc1cc2c(cc1OC)CN(Cc1cc(=O)n3cccc(C)c3n1)CC2. The molecule has 0 amide bonds. The summed E-state index contributed by atoms with van der Waals surface area (Å²) < 4.78 is 12.4. The monoisotopic (exact) mass is 365 g/mol. The summed E-state index contributed by atoms with van der Waals surface area (Å²) in [5.74, 6) is 1.51. The zero-order chi connectivity index (χ0) is 19.0. The lowest BCUT2D eigenvalue weighted by Gasteiger charge is -2.29. The van der Waals surface area contributed by atoms with E-state index in [0.717, 1.165) is 47.9 Å². The lowest BCUT2D eigenvalue weighted by atomic mass is 9.98. The van der Waals surface area contributed by atoms with E-state index in [1.54, 1.807) is 30.9 Å². The molecule has 2 aromatic heterocycles. The number of aromatic nitrogens is 2.